The van der Waals surface area contributed by atoms with Crippen molar-refractivity contribution in [3.05, 3.63) is 47.5 Å². The number of rotatable bonds is 6. The van der Waals surface area contributed by atoms with Gasteiger partial charge in [-0.2, -0.15) is 0 Å². The number of hydrogen-bond donors (Lipinski definition) is 2. The van der Waals surface area contributed by atoms with Gasteiger partial charge in [-0.1, -0.05) is 49.6 Å². The summed E-state index contributed by atoms with van der Waals surface area (Å²) in [7, 11) is 2.00. The molecule has 29 heavy (non-hydrogen) atoms. The van der Waals surface area contributed by atoms with Crippen molar-refractivity contribution >= 4 is 29.9 Å². The molecule has 158 valence electrons. The molecule has 2 aliphatic carbocycles. The van der Waals surface area contributed by atoms with E-state index in [1.54, 1.807) is 0 Å². The highest BCUT2D eigenvalue weighted by Crippen LogP contribution is 2.43. The van der Waals surface area contributed by atoms with Gasteiger partial charge in [-0.15, -0.1) is 34.2 Å². The van der Waals surface area contributed by atoms with Crippen molar-refractivity contribution in [2.75, 3.05) is 6.54 Å². The van der Waals surface area contributed by atoms with Crippen molar-refractivity contribution in [1.82, 2.24) is 25.4 Å². The van der Waals surface area contributed by atoms with Crippen LogP contribution in [0, 0.1) is 6.92 Å². The molecule has 0 aliphatic heterocycles. The Morgan fingerprint density at radius 2 is 1.86 bits per heavy atom. The SMILES string of the molecule is Cc1nnc(CN=C(NCC2(c3ccccc3)CCC2)NC2CCCC2)n1C.I. The van der Waals surface area contributed by atoms with Crippen LogP contribution in [0.15, 0.2) is 35.3 Å². The lowest BCUT2D eigenvalue weighted by Crippen LogP contribution is -2.50. The van der Waals surface area contributed by atoms with Crippen LogP contribution in [0.1, 0.15) is 62.2 Å². The number of nitrogens with one attached hydrogen (secondary N) is 2. The van der Waals surface area contributed by atoms with Gasteiger partial charge < -0.3 is 15.2 Å². The standard InChI is InChI=1S/C22H32N6.HI/c1-17-26-27-20(28(17)2)15-23-21(25-19-11-6-7-12-19)24-16-22(13-8-14-22)18-9-4-3-5-10-18;/h3-5,9-10,19H,6-8,11-16H2,1-2H3,(H2,23,24,25);1H. The Morgan fingerprint density at radius 1 is 1.14 bits per heavy atom. The molecule has 6 nitrogen and oxygen atoms in total. The van der Waals surface area contributed by atoms with E-state index < -0.39 is 0 Å². The smallest absolute Gasteiger partial charge is 0.191 e. The Bertz CT molecular complexity index is 806. The van der Waals surface area contributed by atoms with E-state index in [2.05, 4.69) is 51.2 Å². The van der Waals surface area contributed by atoms with Crippen LogP contribution >= 0.6 is 24.0 Å². The number of aromatic nitrogens is 3. The monoisotopic (exact) mass is 508 g/mol. The van der Waals surface area contributed by atoms with Gasteiger partial charge >= 0.3 is 0 Å². The number of nitrogens with zero attached hydrogens (tertiary/aromatic N) is 4. The minimum atomic E-state index is 0. The first kappa shape index (κ1) is 22.1. The van der Waals surface area contributed by atoms with Gasteiger partial charge in [0.15, 0.2) is 11.8 Å². The molecule has 0 saturated heterocycles. The van der Waals surface area contributed by atoms with Crippen LogP contribution in [0.3, 0.4) is 0 Å². The Morgan fingerprint density at radius 3 is 2.45 bits per heavy atom. The van der Waals surface area contributed by atoms with E-state index >= 15 is 0 Å². The van der Waals surface area contributed by atoms with E-state index in [0.29, 0.717) is 12.6 Å². The number of hydrogen-bond acceptors (Lipinski definition) is 3. The van der Waals surface area contributed by atoms with E-state index in [9.17, 15) is 0 Å². The second-order valence-corrected chi connectivity index (χ2v) is 8.37. The van der Waals surface area contributed by atoms with Crippen molar-refractivity contribution in [2.24, 2.45) is 12.0 Å². The van der Waals surface area contributed by atoms with Crippen molar-refractivity contribution in [2.45, 2.75) is 69.9 Å². The number of aryl methyl sites for hydroxylation is 1. The molecule has 0 atom stereocenters. The first-order valence-corrected chi connectivity index (χ1v) is 10.6. The summed E-state index contributed by atoms with van der Waals surface area (Å²) < 4.78 is 2.01. The van der Waals surface area contributed by atoms with Gasteiger partial charge in [0.1, 0.15) is 12.4 Å². The topological polar surface area (TPSA) is 67.1 Å². The third-order valence-electron chi connectivity index (χ3n) is 6.55. The van der Waals surface area contributed by atoms with Crippen LogP contribution in [0.2, 0.25) is 0 Å². The maximum atomic E-state index is 4.86. The summed E-state index contributed by atoms with van der Waals surface area (Å²) in [6.45, 7) is 3.43. The molecule has 2 saturated carbocycles. The Balaban J connectivity index is 0.00000240. The van der Waals surface area contributed by atoms with Crippen molar-refractivity contribution < 1.29 is 0 Å². The predicted octanol–water partition coefficient (Wildman–Crippen LogP) is 3.84. The van der Waals surface area contributed by atoms with Crippen molar-refractivity contribution in [3.8, 4) is 0 Å². The van der Waals surface area contributed by atoms with E-state index in [-0.39, 0.29) is 29.4 Å². The fourth-order valence-electron chi connectivity index (χ4n) is 4.37. The maximum Gasteiger partial charge on any atom is 0.191 e. The molecule has 0 amide bonds. The number of benzene rings is 1. The fraction of sp³-hybridized carbons (Fsp3) is 0.591. The quantitative estimate of drug-likeness (QED) is 0.354. The minimum Gasteiger partial charge on any atom is -0.355 e. The zero-order valence-electron chi connectivity index (χ0n) is 17.5. The number of guanidine groups is 1. The summed E-state index contributed by atoms with van der Waals surface area (Å²) in [6.07, 6.45) is 8.85. The van der Waals surface area contributed by atoms with Gasteiger partial charge in [0.25, 0.3) is 0 Å². The molecule has 2 aromatic rings. The molecule has 0 spiro atoms. The Kier molecular flexibility index (Phi) is 7.54. The molecule has 2 fully saturated rings. The van der Waals surface area contributed by atoms with Gasteiger partial charge in [0, 0.05) is 25.0 Å². The molecule has 0 bridgehead atoms. The molecular weight excluding hydrogens is 475 g/mol. The van der Waals surface area contributed by atoms with E-state index in [0.717, 1.165) is 24.2 Å². The molecule has 7 heteroatoms. The lowest BCUT2D eigenvalue weighted by molar-refractivity contribution is 0.243. The van der Waals surface area contributed by atoms with Gasteiger partial charge in [-0.3, -0.25) is 0 Å². The third-order valence-corrected chi connectivity index (χ3v) is 6.55. The number of halogens is 1. The lowest BCUT2D eigenvalue weighted by Gasteiger charge is -2.43. The zero-order chi connectivity index (χ0) is 19.4. The summed E-state index contributed by atoms with van der Waals surface area (Å²) in [5.41, 5.74) is 1.68. The van der Waals surface area contributed by atoms with Crippen LogP contribution in [-0.2, 0) is 19.0 Å². The van der Waals surface area contributed by atoms with Gasteiger partial charge in [-0.25, -0.2) is 4.99 Å². The predicted molar refractivity (Wildman–Crippen MR) is 128 cm³/mol. The zero-order valence-corrected chi connectivity index (χ0v) is 19.9. The maximum absolute atomic E-state index is 4.86. The summed E-state index contributed by atoms with van der Waals surface area (Å²) in [5.74, 6) is 2.72. The van der Waals surface area contributed by atoms with Crippen LogP contribution in [-0.4, -0.2) is 33.3 Å². The molecule has 0 unspecified atom stereocenters. The second kappa shape index (κ2) is 9.91. The average Bonchev–Trinajstić information content (AvgIpc) is 3.30. The van der Waals surface area contributed by atoms with Crippen molar-refractivity contribution in [3.63, 3.8) is 0 Å². The van der Waals surface area contributed by atoms with Crippen LogP contribution in [0.25, 0.3) is 0 Å². The molecule has 1 heterocycles. The van der Waals surface area contributed by atoms with Crippen LogP contribution < -0.4 is 10.6 Å². The lowest BCUT2D eigenvalue weighted by atomic mass is 9.64. The van der Waals surface area contributed by atoms with Crippen molar-refractivity contribution in [1.29, 1.82) is 0 Å². The molecule has 2 N–H and O–H groups in total. The molecule has 1 aromatic carbocycles. The summed E-state index contributed by atoms with van der Waals surface area (Å²) >= 11 is 0. The first-order chi connectivity index (χ1) is 13.7. The molecule has 4 rings (SSSR count). The Hall–Kier alpha value is -1.64. The van der Waals surface area contributed by atoms with Gasteiger partial charge in [-0.05, 0) is 38.2 Å². The Labute approximate surface area is 191 Å². The number of aliphatic imine (C=N–C) groups is 1. The highest BCUT2D eigenvalue weighted by Gasteiger charge is 2.38. The highest BCUT2D eigenvalue weighted by atomic mass is 127. The normalized spacial score (nSPS) is 18.8. The fourth-order valence-corrected chi connectivity index (χ4v) is 4.37. The highest BCUT2D eigenvalue weighted by molar-refractivity contribution is 14.0. The minimum absolute atomic E-state index is 0. The van der Waals surface area contributed by atoms with E-state index in [4.69, 9.17) is 4.99 Å². The van der Waals surface area contributed by atoms with Gasteiger partial charge in [0.2, 0.25) is 0 Å². The molecule has 0 radical (unpaired) electrons. The third kappa shape index (κ3) is 5.10. The summed E-state index contributed by atoms with van der Waals surface area (Å²) in [4.78, 5) is 4.86. The van der Waals surface area contributed by atoms with Crippen LogP contribution in [0.5, 0.6) is 0 Å². The van der Waals surface area contributed by atoms with E-state index in [1.165, 1.54) is 50.5 Å². The summed E-state index contributed by atoms with van der Waals surface area (Å²) in [5, 5.41) is 15.7. The van der Waals surface area contributed by atoms with Gasteiger partial charge in [0.05, 0.1) is 0 Å². The summed E-state index contributed by atoms with van der Waals surface area (Å²) in [6, 6.07) is 11.5. The second-order valence-electron chi connectivity index (χ2n) is 8.37. The van der Waals surface area contributed by atoms with Crippen LogP contribution in [0.4, 0.5) is 0 Å². The molecular formula is C22H33IN6. The largest absolute Gasteiger partial charge is 0.355 e. The average molecular weight is 508 g/mol. The molecule has 1 aromatic heterocycles. The van der Waals surface area contributed by atoms with E-state index in [1.807, 2.05) is 18.5 Å². The molecule has 2 aliphatic rings. The first-order valence-electron chi connectivity index (χ1n) is 10.6.